The zero-order valence-corrected chi connectivity index (χ0v) is 10.9. The van der Waals surface area contributed by atoms with Crippen molar-refractivity contribution in [2.24, 2.45) is 0 Å². The van der Waals surface area contributed by atoms with Crippen molar-refractivity contribution in [2.45, 2.75) is 0 Å². The molecule has 0 fully saturated rings. The predicted octanol–water partition coefficient (Wildman–Crippen LogP) is 1.51. The van der Waals surface area contributed by atoms with E-state index >= 15 is 0 Å². The number of fused-ring (bicyclic) bond motifs is 1. The molecule has 102 valence electrons. The molecular formula is C13H12N4O3. The summed E-state index contributed by atoms with van der Waals surface area (Å²) in [6.07, 6.45) is 4.79. The Morgan fingerprint density at radius 2 is 2.05 bits per heavy atom. The van der Waals surface area contributed by atoms with Gasteiger partial charge in [-0.05, 0) is 12.1 Å². The number of nitrogens with zero attached hydrogens (tertiary/aromatic N) is 4. The van der Waals surface area contributed by atoms with Crippen LogP contribution >= 0.6 is 0 Å². The van der Waals surface area contributed by atoms with E-state index in [4.69, 9.17) is 9.47 Å². The molecule has 3 aromatic rings. The number of benzene rings is 1. The molecule has 2 heterocycles. The van der Waals surface area contributed by atoms with Crippen molar-refractivity contribution < 1.29 is 14.6 Å². The molecule has 0 aliphatic rings. The van der Waals surface area contributed by atoms with Crippen LogP contribution in [-0.4, -0.2) is 38.7 Å². The van der Waals surface area contributed by atoms with E-state index in [0.29, 0.717) is 28.5 Å². The number of imidazole rings is 1. The number of hydrogen-bond acceptors (Lipinski definition) is 6. The second-order valence-electron chi connectivity index (χ2n) is 4.04. The van der Waals surface area contributed by atoms with Gasteiger partial charge in [0.2, 0.25) is 11.5 Å². The lowest BCUT2D eigenvalue weighted by Gasteiger charge is -2.11. The summed E-state index contributed by atoms with van der Waals surface area (Å²) in [4.78, 5) is 12.3. The topological polar surface area (TPSA) is 81.8 Å². The fourth-order valence-electron chi connectivity index (χ4n) is 2.01. The zero-order chi connectivity index (χ0) is 14.1. The monoisotopic (exact) mass is 272 g/mol. The number of rotatable bonds is 3. The van der Waals surface area contributed by atoms with Crippen LogP contribution < -0.4 is 9.47 Å². The van der Waals surface area contributed by atoms with Gasteiger partial charge in [-0.15, -0.1) is 0 Å². The summed E-state index contributed by atoms with van der Waals surface area (Å²) in [5.41, 5.74) is 1.27. The molecule has 2 aromatic heterocycles. The second kappa shape index (κ2) is 4.69. The standard InChI is InChI=1S/C13H12N4O3/c1-19-10-4-3-8(12(20-2)11(10)18)9-5-17-7-14-6-15-13(17)16-9/h3-7,18H,1-2H3. The van der Waals surface area contributed by atoms with Gasteiger partial charge < -0.3 is 14.6 Å². The van der Waals surface area contributed by atoms with Crippen molar-refractivity contribution in [3.63, 3.8) is 0 Å². The van der Waals surface area contributed by atoms with Gasteiger partial charge in [0.05, 0.1) is 19.9 Å². The van der Waals surface area contributed by atoms with E-state index in [1.165, 1.54) is 20.5 Å². The van der Waals surface area contributed by atoms with E-state index in [0.717, 1.165) is 0 Å². The van der Waals surface area contributed by atoms with Crippen LogP contribution in [-0.2, 0) is 0 Å². The summed E-state index contributed by atoms with van der Waals surface area (Å²) in [6.45, 7) is 0. The summed E-state index contributed by atoms with van der Waals surface area (Å²) < 4.78 is 12.0. The normalized spacial score (nSPS) is 10.7. The van der Waals surface area contributed by atoms with E-state index in [1.54, 1.807) is 29.1 Å². The highest BCUT2D eigenvalue weighted by atomic mass is 16.5. The minimum atomic E-state index is -0.0596. The van der Waals surface area contributed by atoms with Crippen molar-refractivity contribution in [3.8, 4) is 28.5 Å². The summed E-state index contributed by atoms with van der Waals surface area (Å²) in [5.74, 6) is 1.11. The Labute approximate surface area is 114 Å². The lowest BCUT2D eigenvalue weighted by atomic mass is 10.1. The van der Waals surface area contributed by atoms with Crippen LogP contribution in [0.15, 0.2) is 31.0 Å². The average Bonchev–Trinajstić information content (AvgIpc) is 2.90. The molecule has 0 amide bonds. The smallest absolute Gasteiger partial charge is 0.237 e. The Hall–Kier alpha value is -2.83. The van der Waals surface area contributed by atoms with Crippen LogP contribution in [0.2, 0.25) is 0 Å². The van der Waals surface area contributed by atoms with Crippen LogP contribution in [0.3, 0.4) is 0 Å². The van der Waals surface area contributed by atoms with Gasteiger partial charge in [-0.1, -0.05) is 0 Å². The molecule has 0 saturated heterocycles. The SMILES string of the molecule is COc1ccc(-c2cn3cncnc3n2)c(OC)c1O. The molecular weight excluding hydrogens is 260 g/mol. The first kappa shape index (κ1) is 12.2. The molecule has 0 saturated carbocycles. The van der Waals surface area contributed by atoms with Crippen LogP contribution in [0.5, 0.6) is 17.2 Å². The third-order valence-corrected chi connectivity index (χ3v) is 2.94. The predicted molar refractivity (Wildman–Crippen MR) is 71.0 cm³/mol. The van der Waals surface area contributed by atoms with Crippen LogP contribution in [0, 0.1) is 0 Å². The van der Waals surface area contributed by atoms with Gasteiger partial charge in [0.25, 0.3) is 0 Å². The van der Waals surface area contributed by atoms with Crippen molar-refractivity contribution in [1.29, 1.82) is 0 Å². The molecule has 0 bridgehead atoms. The number of aromatic nitrogens is 4. The largest absolute Gasteiger partial charge is 0.502 e. The number of methoxy groups -OCH3 is 2. The van der Waals surface area contributed by atoms with Crippen molar-refractivity contribution >= 4 is 5.78 Å². The van der Waals surface area contributed by atoms with Gasteiger partial charge in [-0.25, -0.2) is 15.0 Å². The maximum absolute atomic E-state index is 10.1. The van der Waals surface area contributed by atoms with Gasteiger partial charge in [0.1, 0.15) is 12.7 Å². The third kappa shape index (κ3) is 1.80. The zero-order valence-electron chi connectivity index (χ0n) is 10.9. The Bertz CT molecular complexity index is 736. The molecule has 1 N–H and O–H groups in total. The first-order valence-corrected chi connectivity index (χ1v) is 5.83. The number of phenols is 1. The maximum Gasteiger partial charge on any atom is 0.237 e. The van der Waals surface area contributed by atoms with E-state index in [-0.39, 0.29) is 5.75 Å². The Morgan fingerprint density at radius 3 is 2.75 bits per heavy atom. The average molecular weight is 272 g/mol. The number of aromatic hydroxyl groups is 1. The first-order valence-electron chi connectivity index (χ1n) is 5.83. The maximum atomic E-state index is 10.1. The second-order valence-corrected chi connectivity index (χ2v) is 4.04. The Morgan fingerprint density at radius 1 is 1.20 bits per heavy atom. The lowest BCUT2D eigenvalue weighted by molar-refractivity contribution is 0.341. The molecule has 0 aliphatic heterocycles. The fraction of sp³-hybridized carbons (Fsp3) is 0.154. The van der Waals surface area contributed by atoms with Gasteiger partial charge in [0.15, 0.2) is 11.5 Å². The highest BCUT2D eigenvalue weighted by molar-refractivity contribution is 5.74. The van der Waals surface area contributed by atoms with Gasteiger partial charge in [-0.2, -0.15) is 0 Å². The molecule has 0 atom stereocenters. The Kier molecular flexibility index (Phi) is 2.86. The molecule has 0 aliphatic carbocycles. The fourth-order valence-corrected chi connectivity index (χ4v) is 2.01. The highest BCUT2D eigenvalue weighted by Crippen LogP contribution is 2.42. The minimum absolute atomic E-state index is 0.0596. The van der Waals surface area contributed by atoms with E-state index in [1.807, 2.05) is 0 Å². The number of ether oxygens (including phenoxy) is 2. The molecule has 0 spiro atoms. The van der Waals surface area contributed by atoms with E-state index < -0.39 is 0 Å². The quantitative estimate of drug-likeness (QED) is 0.778. The van der Waals surface area contributed by atoms with Crippen LogP contribution in [0.4, 0.5) is 0 Å². The number of phenolic OH excluding ortho intramolecular Hbond substituents is 1. The first-order chi connectivity index (χ1) is 9.74. The Balaban J connectivity index is 2.20. The summed E-state index contributed by atoms with van der Waals surface area (Å²) >= 11 is 0. The van der Waals surface area contributed by atoms with E-state index in [9.17, 15) is 5.11 Å². The van der Waals surface area contributed by atoms with Crippen molar-refractivity contribution in [1.82, 2.24) is 19.4 Å². The van der Waals surface area contributed by atoms with Gasteiger partial charge in [-0.3, -0.25) is 4.40 Å². The lowest BCUT2D eigenvalue weighted by Crippen LogP contribution is -1.92. The highest BCUT2D eigenvalue weighted by Gasteiger charge is 2.17. The molecule has 1 aromatic carbocycles. The van der Waals surface area contributed by atoms with Crippen molar-refractivity contribution in [3.05, 3.63) is 31.0 Å². The summed E-state index contributed by atoms with van der Waals surface area (Å²) in [5, 5.41) is 10.1. The van der Waals surface area contributed by atoms with Crippen LogP contribution in [0.25, 0.3) is 17.0 Å². The van der Waals surface area contributed by atoms with Crippen molar-refractivity contribution in [2.75, 3.05) is 14.2 Å². The van der Waals surface area contributed by atoms with Gasteiger partial charge in [0, 0.05) is 11.8 Å². The molecule has 7 heteroatoms. The molecule has 20 heavy (non-hydrogen) atoms. The van der Waals surface area contributed by atoms with Gasteiger partial charge >= 0.3 is 0 Å². The molecule has 0 radical (unpaired) electrons. The minimum Gasteiger partial charge on any atom is -0.502 e. The number of hydrogen-bond donors (Lipinski definition) is 1. The van der Waals surface area contributed by atoms with E-state index in [2.05, 4.69) is 15.0 Å². The molecule has 0 unspecified atom stereocenters. The molecule has 7 nitrogen and oxygen atoms in total. The summed E-state index contributed by atoms with van der Waals surface area (Å²) in [7, 11) is 2.96. The summed E-state index contributed by atoms with van der Waals surface area (Å²) in [6, 6.07) is 3.43. The van der Waals surface area contributed by atoms with Crippen LogP contribution in [0.1, 0.15) is 0 Å². The third-order valence-electron chi connectivity index (χ3n) is 2.94. The molecule has 3 rings (SSSR count).